The second kappa shape index (κ2) is 69.1. The van der Waals surface area contributed by atoms with E-state index in [2.05, 4.69) is 106 Å². The van der Waals surface area contributed by atoms with Crippen LogP contribution in [0.1, 0.15) is 355 Å². The molecule has 0 saturated carbocycles. The minimum Gasteiger partial charge on any atom is -0.462 e. The Balaban J connectivity index is 4.09. The molecule has 0 aliphatic carbocycles. The van der Waals surface area contributed by atoms with Crippen LogP contribution in [-0.4, -0.2) is 37.2 Å². The van der Waals surface area contributed by atoms with Crippen molar-refractivity contribution in [3.8, 4) is 0 Å². The molecule has 0 aliphatic heterocycles. The van der Waals surface area contributed by atoms with Crippen LogP contribution in [0.2, 0.25) is 0 Å². The highest BCUT2D eigenvalue weighted by Gasteiger charge is 2.19. The van der Waals surface area contributed by atoms with E-state index in [1.807, 2.05) is 0 Å². The van der Waals surface area contributed by atoms with E-state index in [4.69, 9.17) is 14.2 Å². The maximum absolute atomic E-state index is 12.9. The summed E-state index contributed by atoms with van der Waals surface area (Å²) in [5.41, 5.74) is 0. The van der Waals surface area contributed by atoms with Crippen molar-refractivity contribution in [3.63, 3.8) is 0 Å². The smallest absolute Gasteiger partial charge is 0.306 e. The van der Waals surface area contributed by atoms with E-state index in [1.54, 1.807) is 0 Å². The fourth-order valence-corrected chi connectivity index (χ4v) is 10.1. The van der Waals surface area contributed by atoms with Crippen LogP contribution >= 0.6 is 0 Å². The summed E-state index contributed by atoms with van der Waals surface area (Å²) >= 11 is 0. The van der Waals surface area contributed by atoms with Crippen LogP contribution in [-0.2, 0) is 28.6 Å². The van der Waals surface area contributed by atoms with E-state index in [-0.39, 0.29) is 31.1 Å². The molecule has 0 N–H and O–H groups in total. The number of allylic oxidation sites excluding steroid dienone is 14. The Labute approximate surface area is 503 Å². The lowest BCUT2D eigenvalue weighted by atomic mass is 10.0. The highest BCUT2D eigenvalue weighted by atomic mass is 16.6. The van der Waals surface area contributed by atoms with Crippen molar-refractivity contribution in [2.75, 3.05) is 13.2 Å². The number of hydrogen-bond acceptors (Lipinski definition) is 6. The standard InChI is InChI=1S/C75H132O6/c1-4-7-10-13-16-19-22-24-26-28-29-30-31-32-33-34-35-36-37-38-39-40-41-42-43-44-45-47-48-50-53-56-59-62-65-68-74(77)80-71-72(70-79-73(76)67-64-61-58-55-52-21-18-15-12-9-6-3)81-75(78)69-66-63-60-57-54-51-49-46-27-25-23-20-17-14-11-8-5-2/h7,10,15-16,18-19,24-27,29-30,32-33,72H,4-6,8-9,11-14,17,20-23,28,31,34-71H2,1-3H3/b10-7-,18-15-,19-16-,26-24-,27-25-,30-29-,33-32-. The van der Waals surface area contributed by atoms with Crippen molar-refractivity contribution in [2.45, 2.75) is 361 Å². The number of hydrogen-bond donors (Lipinski definition) is 0. The fraction of sp³-hybridized carbons (Fsp3) is 0.773. The largest absolute Gasteiger partial charge is 0.462 e. The molecular weight excluding hydrogens is 997 g/mol. The third-order valence-electron chi connectivity index (χ3n) is 15.4. The van der Waals surface area contributed by atoms with Gasteiger partial charge in [-0.05, 0) is 109 Å². The molecule has 0 aliphatic rings. The van der Waals surface area contributed by atoms with Crippen molar-refractivity contribution in [3.05, 3.63) is 85.1 Å². The van der Waals surface area contributed by atoms with Crippen molar-refractivity contribution in [2.24, 2.45) is 0 Å². The van der Waals surface area contributed by atoms with Crippen LogP contribution in [0.4, 0.5) is 0 Å². The Morgan fingerprint density at radius 1 is 0.259 bits per heavy atom. The second-order valence-corrected chi connectivity index (χ2v) is 23.4. The van der Waals surface area contributed by atoms with Gasteiger partial charge in [-0.2, -0.15) is 0 Å². The number of carbonyl (C=O) groups is 3. The van der Waals surface area contributed by atoms with Crippen molar-refractivity contribution < 1.29 is 28.6 Å². The van der Waals surface area contributed by atoms with Crippen LogP contribution in [0.3, 0.4) is 0 Å². The van der Waals surface area contributed by atoms with Gasteiger partial charge in [0.25, 0.3) is 0 Å². The zero-order valence-corrected chi connectivity index (χ0v) is 53.8. The molecule has 0 amide bonds. The third kappa shape index (κ3) is 67.3. The predicted molar refractivity (Wildman–Crippen MR) is 353 cm³/mol. The lowest BCUT2D eigenvalue weighted by Gasteiger charge is -2.18. The summed E-state index contributed by atoms with van der Waals surface area (Å²) in [4.78, 5) is 38.3. The van der Waals surface area contributed by atoms with Gasteiger partial charge < -0.3 is 14.2 Å². The molecule has 0 spiro atoms. The second-order valence-electron chi connectivity index (χ2n) is 23.4. The summed E-state index contributed by atoms with van der Waals surface area (Å²) in [6.45, 7) is 6.51. The normalized spacial score (nSPS) is 12.6. The van der Waals surface area contributed by atoms with Crippen molar-refractivity contribution in [1.82, 2.24) is 0 Å². The summed E-state index contributed by atoms with van der Waals surface area (Å²) < 4.78 is 16.9. The lowest BCUT2D eigenvalue weighted by Crippen LogP contribution is -2.30. The maximum atomic E-state index is 12.9. The molecule has 6 heteroatoms. The zero-order chi connectivity index (χ0) is 58.5. The molecule has 6 nitrogen and oxygen atoms in total. The molecule has 0 rings (SSSR count). The Bertz CT molecular complexity index is 1530. The molecule has 0 fully saturated rings. The van der Waals surface area contributed by atoms with Gasteiger partial charge in [0.15, 0.2) is 6.10 Å². The fourth-order valence-electron chi connectivity index (χ4n) is 10.1. The minimum absolute atomic E-state index is 0.0761. The molecule has 81 heavy (non-hydrogen) atoms. The predicted octanol–water partition coefficient (Wildman–Crippen LogP) is 24.2. The van der Waals surface area contributed by atoms with Gasteiger partial charge in [-0.3, -0.25) is 14.4 Å². The van der Waals surface area contributed by atoms with Gasteiger partial charge in [0.1, 0.15) is 13.2 Å². The van der Waals surface area contributed by atoms with Gasteiger partial charge in [-0.25, -0.2) is 0 Å². The molecule has 0 heterocycles. The maximum Gasteiger partial charge on any atom is 0.306 e. The third-order valence-corrected chi connectivity index (χ3v) is 15.4. The van der Waals surface area contributed by atoms with Crippen LogP contribution in [0.5, 0.6) is 0 Å². The first kappa shape index (κ1) is 77.6. The van der Waals surface area contributed by atoms with Crippen LogP contribution in [0, 0.1) is 0 Å². The molecule has 0 saturated heterocycles. The summed E-state index contributed by atoms with van der Waals surface area (Å²) in [5.74, 6) is -0.873. The Morgan fingerprint density at radius 3 is 0.802 bits per heavy atom. The SMILES string of the molecule is CC/C=C\C/C=C\C/C=C\C/C=C\C/C=C\CCCCCCCCCCCCCCCCCCCCCC(=O)OCC(COC(=O)CCCCCCC/C=C\CCCC)OC(=O)CCCCCCCCC/C=C\CCCCCCCC. The molecule has 0 aromatic rings. The summed E-state index contributed by atoms with van der Waals surface area (Å²) in [6.07, 6.45) is 92.0. The number of carbonyl (C=O) groups excluding carboxylic acids is 3. The molecule has 1 atom stereocenters. The molecule has 0 bridgehead atoms. The van der Waals surface area contributed by atoms with Crippen LogP contribution < -0.4 is 0 Å². The van der Waals surface area contributed by atoms with E-state index >= 15 is 0 Å². The average molecular weight is 1130 g/mol. The van der Waals surface area contributed by atoms with Crippen LogP contribution in [0.25, 0.3) is 0 Å². The van der Waals surface area contributed by atoms with E-state index in [0.717, 1.165) is 96.3 Å². The molecule has 0 aromatic carbocycles. The Morgan fingerprint density at radius 2 is 0.494 bits per heavy atom. The monoisotopic (exact) mass is 1130 g/mol. The Hall–Kier alpha value is -3.41. The number of unbranched alkanes of at least 4 members (excludes halogenated alkanes) is 39. The molecule has 468 valence electrons. The summed E-state index contributed by atoms with van der Waals surface area (Å²) in [7, 11) is 0. The zero-order valence-electron chi connectivity index (χ0n) is 53.8. The van der Waals surface area contributed by atoms with Crippen molar-refractivity contribution in [1.29, 1.82) is 0 Å². The highest BCUT2D eigenvalue weighted by Crippen LogP contribution is 2.17. The molecular formula is C75H132O6. The Kier molecular flexibility index (Phi) is 66.2. The van der Waals surface area contributed by atoms with Gasteiger partial charge >= 0.3 is 17.9 Å². The number of rotatable bonds is 64. The first-order valence-electron chi connectivity index (χ1n) is 35.1. The van der Waals surface area contributed by atoms with E-state index in [9.17, 15) is 14.4 Å². The topological polar surface area (TPSA) is 78.9 Å². The first-order valence-corrected chi connectivity index (χ1v) is 35.1. The number of esters is 3. The van der Waals surface area contributed by atoms with Gasteiger partial charge in [-0.15, -0.1) is 0 Å². The first-order chi connectivity index (χ1) is 40.0. The van der Waals surface area contributed by atoms with Gasteiger partial charge in [0.2, 0.25) is 0 Å². The minimum atomic E-state index is -0.779. The highest BCUT2D eigenvalue weighted by molar-refractivity contribution is 5.71. The summed E-state index contributed by atoms with van der Waals surface area (Å²) in [5, 5.41) is 0. The van der Waals surface area contributed by atoms with Crippen molar-refractivity contribution >= 4 is 17.9 Å². The van der Waals surface area contributed by atoms with Crippen LogP contribution in [0.15, 0.2) is 85.1 Å². The van der Waals surface area contributed by atoms with Gasteiger partial charge in [-0.1, -0.05) is 311 Å². The summed E-state index contributed by atoms with van der Waals surface area (Å²) in [6, 6.07) is 0. The molecule has 0 aromatic heterocycles. The van der Waals surface area contributed by atoms with Gasteiger partial charge in [0.05, 0.1) is 0 Å². The molecule has 1 unspecified atom stereocenters. The van der Waals surface area contributed by atoms with E-state index in [1.165, 1.54) is 218 Å². The quantitative estimate of drug-likeness (QED) is 0.0261. The van der Waals surface area contributed by atoms with E-state index in [0.29, 0.717) is 19.3 Å². The average Bonchev–Trinajstić information content (AvgIpc) is 3.47. The lowest BCUT2D eigenvalue weighted by molar-refractivity contribution is -0.167. The van der Waals surface area contributed by atoms with Gasteiger partial charge in [0, 0.05) is 19.3 Å². The molecule has 0 radical (unpaired) electrons. The van der Waals surface area contributed by atoms with E-state index < -0.39 is 6.10 Å². The number of ether oxygens (including phenoxy) is 3.